The largest absolute Gasteiger partial charge is 0.468 e. The van der Waals surface area contributed by atoms with Crippen molar-refractivity contribution in [1.29, 1.82) is 0 Å². The number of piperidine rings is 1. The fourth-order valence-electron chi connectivity index (χ4n) is 3.18. The molecule has 6 heteroatoms. The van der Waals surface area contributed by atoms with Gasteiger partial charge in [0, 0.05) is 18.8 Å². The summed E-state index contributed by atoms with van der Waals surface area (Å²) < 4.78 is 6.45. The minimum Gasteiger partial charge on any atom is -0.468 e. The molecule has 0 radical (unpaired) electrons. The Morgan fingerprint density at radius 2 is 2.26 bits per heavy atom. The normalized spacial score (nSPS) is 19.0. The van der Waals surface area contributed by atoms with Crippen molar-refractivity contribution >= 4 is 11.6 Å². The number of carbonyl (C=O) groups excluding carboxylic acids is 1. The number of rotatable bonds is 3. The first-order valence-electron chi connectivity index (χ1n) is 7.90. The highest BCUT2D eigenvalue weighted by molar-refractivity contribution is 5.75. The van der Waals surface area contributed by atoms with Crippen LogP contribution in [0.25, 0.3) is 5.65 Å². The number of hydrogen-bond acceptors (Lipinski definition) is 5. The van der Waals surface area contributed by atoms with E-state index in [1.54, 1.807) is 16.7 Å². The van der Waals surface area contributed by atoms with Gasteiger partial charge in [-0.3, -0.25) is 18.9 Å². The number of likely N-dealkylation sites (tertiary alicyclic amines) is 1. The number of pyridine rings is 1. The van der Waals surface area contributed by atoms with Crippen molar-refractivity contribution in [2.75, 3.05) is 13.7 Å². The Kier molecular flexibility index (Phi) is 4.43. The number of nitrogens with zero attached hydrogens (tertiary/aromatic N) is 3. The van der Waals surface area contributed by atoms with Crippen molar-refractivity contribution in [3.8, 4) is 0 Å². The molecule has 1 atom stereocenters. The van der Waals surface area contributed by atoms with Crippen molar-refractivity contribution in [3.63, 3.8) is 0 Å². The maximum atomic E-state index is 12.3. The average molecular weight is 315 g/mol. The lowest BCUT2D eigenvalue weighted by Crippen LogP contribution is -2.45. The summed E-state index contributed by atoms with van der Waals surface area (Å²) in [6.07, 6.45) is 4.57. The van der Waals surface area contributed by atoms with Crippen LogP contribution in [0.4, 0.5) is 0 Å². The van der Waals surface area contributed by atoms with Crippen LogP contribution in [0.3, 0.4) is 0 Å². The third-order valence-corrected chi connectivity index (χ3v) is 4.39. The second-order valence-corrected chi connectivity index (χ2v) is 5.98. The molecule has 23 heavy (non-hydrogen) atoms. The molecule has 1 fully saturated rings. The fourth-order valence-corrected chi connectivity index (χ4v) is 3.18. The number of aromatic nitrogens is 2. The van der Waals surface area contributed by atoms with Crippen LogP contribution in [0.1, 0.15) is 30.5 Å². The Bertz CT molecular complexity index is 784. The van der Waals surface area contributed by atoms with Crippen LogP contribution in [-0.4, -0.2) is 40.0 Å². The number of carbonyl (C=O) groups is 1. The van der Waals surface area contributed by atoms with Crippen molar-refractivity contribution < 1.29 is 9.53 Å². The van der Waals surface area contributed by atoms with Gasteiger partial charge in [0.25, 0.3) is 5.56 Å². The maximum absolute atomic E-state index is 12.3. The second kappa shape index (κ2) is 6.50. The van der Waals surface area contributed by atoms with E-state index in [9.17, 15) is 9.59 Å². The van der Waals surface area contributed by atoms with Crippen LogP contribution in [0, 0.1) is 6.92 Å². The van der Waals surface area contributed by atoms with E-state index in [4.69, 9.17) is 4.74 Å². The molecule has 0 spiro atoms. The summed E-state index contributed by atoms with van der Waals surface area (Å²) in [4.78, 5) is 30.9. The molecular formula is C17H21N3O3. The Balaban J connectivity index is 1.92. The van der Waals surface area contributed by atoms with Gasteiger partial charge in [0.2, 0.25) is 0 Å². The van der Waals surface area contributed by atoms with Crippen molar-refractivity contribution in [2.45, 2.75) is 38.8 Å². The molecule has 0 amide bonds. The molecular weight excluding hydrogens is 294 g/mol. The van der Waals surface area contributed by atoms with Gasteiger partial charge in [0.15, 0.2) is 0 Å². The molecule has 2 aromatic rings. The standard InChI is InChI=1S/C17H21N3O3/c1-12-6-5-9-20-15(21)10-13(18-16(12)20)11-19-8-4-3-7-14(19)17(22)23-2/h5-6,9-10,14H,3-4,7-8,11H2,1-2H3/t14-/m0/s1. The molecule has 1 aliphatic rings. The fraction of sp³-hybridized carbons (Fsp3) is 0.471. The van der Waals surface area contributed by atoms with E-state index in [1.165, 1.54) is 7.11 Å². The van der Waals surface area contributed by atoms with Gasteiger partial charge in [-0.1, -0.05) is 12.5 Å². The molecule has 2 aromatic heterocycles. The number of ether oxygens (including phenoxy) is 1. The molecule has 0 aliphatic carbocycles. The monoisotopic (exact) mass is 315 g/mol. The molecule has 0 unspecified atom stereocenters. The first-order chi connectivity index (χ1) is 11.1. The van der Waals surface area contributed by atoms with Gasteiger partial charge >= 0.3 is 5.97 Å². The van der Waals surface area contributed by atoms with Gasteiger partial charge in [0.05, 0.1) is 12.8 Å². The van der Waals surface area contributed by atoms with Gasteiger partial charge in [-0.2, -0.15) is 0 Å². The van der Waals surface area contributed by atoms with Crippen molar-refractivity contribution in [3.05, 3.63) is 46.0 Å². The van der Waals surface area contributed by atoms with E-state index in [0.29, 0.717) is 17.9 Å². The first kappa shape index (κ1) is 15.7. The topological polar surface area (TPSA) is 63.9 Å². The molecule has 0 aromatic carbocycles. The summed E-state index contributed by atoms with van der Waals surface area (Å²) in [5, 5.41) is 0. The summed E-state index contributed by atoms with van der Waals surface area (Å²) >= 11 is 0. The number of hydrogen-bond donors (Lipinski definition) is 0. The highest BCUT2D eigenvalue weighted by Gasteiger charge is 2.29. The average Bonchev–Trinajstić information content (AvgIpc) is 2.56. The number of esters is 1. The van der Waals surface area contributed by atoms with Crippen molar-refractivity contribution in [2.24, 2.45) is 0 Å². The molecule has 0 saturated carbocycles. The van der Waals surface area contributed by atoms with E-state index in [0.717, 1.165) is 31.4 Å². The zero-order valence-electron chi connectivity index (χ0n) is 13.5. The molecule has 0 bridgehead atoms. The van der Waals surface area contributed by atoms with Crippen LogP contribution in [0.5, 0.6) is 0 Å². The van der Waals surface area contributed by atoms with Gasteiger partial charge in [-0.15, -0.1) is 0 Å². The summed E-state index contributed by atoms with van der Waals surface area (Å²) in [7, 11) is 1.42. The number of methoxy groups -OCH3 is 1. The smallest absolute Gasteiger partial charge is 0.323 e. The minimum absolute atomic E-state index is 0.0969. The molecule has 1 saturated heterocycles. The lowest BCUT2D eigenvalue weighted by atomic mass is 10.0. The minimum atomic E-state index is -0.245. The summed E-state index contributed by atoms with van der Waals surface area (Å²) in [5.74, 6) is -0.210. The maximum Gasteiger partial charge on any atom is 0.323 e. The Morgan fingerprint density at radius 1 is 1.43 bits per heavy atom. The highest BCUT2D eigenvalue weighted by Crippen LogP contribution is 2.20. The van der Waals surface area contributed by atoms with E-state index in [1.807, 2.05) is 19.1 Å². The van der Waals surface area contributed by atoms with Crippen LogP contribution in [-0.2, 0) is 16.1 Å². The zero-order chi connectivity index (χ0) is 16.4. The number of fused-ring (bicyclic) bond motifs is 1. The van der Waals surface area contributed by atoms with E-state index < -0.39 is 0 Å². The van der Waals surface area contributed by atoms with Crippen LogP contribution in [0.2, 0.25) is 0 Å². The van der Waals surface area contributed by atoms with E-state index in [-0.39, 0.29) is 17.6 Å². The molecule has 3 rings (SSSR count). The van der Waals surface area contributed by atoms with Gasteiger partial charge < -0.3 is 4.74 Å². The predicted octanol–water partition coefficient (Wildman–Crippen LogP) is 1.53. The molecule has 0 N–H and O–H groups in total. The molecule has 3 heterocycles. The molecule has 122 valence electrons. The van der Waals surface area contributed by atoms with Crippen molar-refractivity contribution in [1.82, 2.24) is 14.3 Å². The van der Waals surface area contributed by atoms with Crippen LogP contribution >= 0.6 is 0 Å². The first-order valence-corrected chi connectivity index (χ1v) is 7.90. The third-order valence-electron chi connectivity index (χ3n) is 4.39. The van der Waals surface area contributed by atoms with Gasteiger partial charge in [-0.05, 0) is 37.9 Å². The molecule has 6 nitrogen and oxygen atoms in total. The number of aryl methyl sites for hydroxylation is 1. The SMILES string of the molecule is COC(=O)[C@@H]1CCCCN1Cc1cc(=O)n2cccc(C)c2n1. The van der Waals surface area contributed by atoms with Crippen LogP contribution < -0.4 is 5.56 Å². The van der Waals surface area contributed by atoms with E-state index in [2.05, 4.69) is 9.88 Å². The zero-order valence-corrected chi connectivity index (χ0v) is 13.5. The Hall–Kier alpha value is -2.21. The lowest BCUT2D eigenvalue weighted by molar-refractivity contribution is -0.148. The van der Waals surface area contributed by atoms with Crippen LogP contribution in [0.15, 0.2) is 29.2 Å². The molecule has 1 aliphatic heterocycles. The highest BCUT2D eigenvalue weighted by atomic mass is 16.5. The Labute approximate surface area is 134 Å². The van der Waals surface area contributed by atoms with Gasteiger partial charge in [-0.25, -0.2) is 4.98 Å². The summed E-state index contributed by atoms with van der Waals surface area (Å²) in [6.45, 7) is 3.23. The second-order valence-electron chi connectivity index (χ2n) is 5.98. The van der Waals surface area contributed by atoms with E-state index >= 15 is 0 Å². The third kappa shape index (κ3) is 3.12. The van der Waals surface area contributed by atoms with Gasteiger partial charge in [0.1, 0.15) is 11.7 Å². The summed E-state index contributed by atoms with van der Waals surface area (Å²) in [6, 6.07) is 5.08. The Morgan fingerprint density at radius 3 is 3.04 bits per heavy atom. The predicted molar refractivity (Wildman–Crippen MR) is 86.3 cm³/mol. The quantitative estimate of drug-likeness (QED) is 0.804. The lowest BCUT2D eigenvalue weighted by Gasteiger charge is -2.33. The summed E-state index contributed by atoms with van der Waals surface area (Å²) in [5.41, 5.74) is 2.22.